The molecule has 0 spiro atoms. The fraction of sp³-hybridized carbons (Fsp3) is 0.143. The SMILES string of the molecule is CCOc1ccccc1C(=O)NCc1ccc(-c2nc3ccccc3s2)o1. The van der Waals surface area contributed by atoms with E-state index in [1.165, 1.54) is 0 Å². The van der Waals surface area contributed by atoms with E-state index in [9.17, 15) is 4.79 Å². The molecule has 2 aromatic heterocycles. The molecule has 0 radical (unpaired) electrons. The summed E-state index contributed by atoms with van der Waals surface area (Å²) in [4.78, 5) is 17.1. The van der Waals surface area contributed by atoms with Crippen molar-refractivity contribution in [3.8, 4) is 16.5 Å². The second-order valence-electron chi connectivity index (χ2n) is 5.86. The molecule has 0 saturated heterocycles. The van der Waals surface area contributed by atoms with E-state index in [-0.39, 0.29) is 5.91 Å². The van der Waals surface area contributed by atoms with Crippen LogP contribution < -0.4 is 10.1 Å². The van der Waals surface area contributed by atoms with Gasteiger partial charge in [-0.05, 0) is 43.3 Å². The Morgan fingerprint density at radius 1 is 1.11 bits per heavy atom. The highest BCUT2D eigenvalue weighted by molar-refractivity contribution is 7.21. The molecule has 0 aliphatic rings. The van der Waals surface area contributed by atoms with Gasteiger partial charge >= 0.3 is 0 Å². The second-order valence-corrected chi connectivity index (χ2v) is 6.90. The Morgan fingerprint density at radius 2 is 1.93 bits per heavy atom. The number of benzene rings is 2. The maximum Gasteiger partial charge on any atom is 0.255 e. The van der Waals surface area contributed by atoms with Crippen LogP contribution >= 0.6 is 11.3 Å². The number of hydrogen-bond acceptors (Lipinski definition) is 5. The smallest absolute Gasteiger partial charge is 0.255 e. The van der Waals surface area contributed by atoms with E-state index in [1.54, 1.807) is 23.5 Å². The van der Waals surface area contributed by atoms with Crippen molar-refractivity contribution in [3.63, 3.8) is 0 Å². The molecule has 0 fully saturated rings. The number of para-hydroxylation sites is 2. The van der Waals surface area contributed by atoms with Crippen molar-refractivity contribution in [2.45, 2.75) is 13.5 Å². The first-order valence-electron chi connectivity index (χ1n) is 8.69. The highest BCUT2D eigenvalue weighted by Gasteiger charge is 2.14. The van der Waals surface area contributed by atoms with Crippen LogP contribution in [0.2, 0.25) is 0 Å². The van der Waals surface area contributed by atoms with Crippen molar-refractivity contribution in [2.24, 2.45) is 0 Å². The van der Waals surface area contributed by atoms with Gasteiger partial charge in [-0.25, -0.2) is 4.98 Å². The van der Waals surface area contributed by atoms with Gasteiger partial charge in [-0.15, -0.1) is 11.3 Å². The number of furan rings is 1. The summed E-state index contributed by atoms with van der Waals surface area (Å²) in [6.07, 6.45) is 0. The van der Waals surface area contributed by atoms with Gasteiger partial charge in [-0.3, -0.25) is 4.79 Å². The standard InChI is InChI=1S/C21H18N2O3S/c1-2-25-17-9-5-3-7-15(17)20(24)22-13-14-11-12-18(26-14)21-23-16-8-4-6-10-19(16)27-21/h3-12H,2,13H2,1H3,(H,22,24). The Morgan fingerprint density at radius 3 is 2.78 bits per heavy atom. The van der Waals surface area contributed by atoms with E-state index < -0.39 is 0 Å². The topological polar surface area (TPSA) is 64.4 Å². The fourth-order valence-corrected chi connectivity index (χ4v) is 3.69. The Hall–Kier alpha value is -3.12. The van der Waals surface area contributed by atoms with E-state index >= 15 is 0 Å². The summed E-state index contributed by atoms with van der Waals surface area (Å²) in [7, 11) is 0. The summed E-state index contributed by atoms with van der Waals surface area (Å²) >= 11 is 1.58. The molecule has 0 aliphatic heterocycles. The van der Waals surface area contributed by atoms with Crippen LogP contribution in [0.4, 0.5) is 0 Å². The van der Waals surface area contributed by atoms with E-state index in [0.717, 1.165) is 15.2 Å². The van der Waals surface area contributed by atoms with Crippen LogP contribution in [0.5, 0.6) is 5.75 Å². The van der Waals surface area contributed by atoms with Crippen LogP contribution in [0.1, 0.15) is 23.0 Å². The van der Waals surface area contributed by atoms with Gasteiger partial charge in [0, 0.05) is 0 Å². The summed E-state index contributed by atoms with van der Waals surface area (Å²) < 4.78 is 12.5. The first kappa shape index (κ1) is 17.3. The predicted octanol–water partition coefficient (Wildman–Crippen LogP) is 4.89. The largest absolute Gasteiger partial charge is 0.493 e. The van der Waals surface area contributed by atoms with Crippen molar-refractivity contribution in [1.29, 1.82) is 0 Å². The number of carbonyl (C=O) groups excluding carboxylic acids is 1. The molecule has 27 heavy (non-hydrogen) atoms. The summed E-state index contributed by atoms with van der Waals surface area (Å²) in [6.45, 7) is 2.69. The number of aromatic nitrogens is 1. The summed E-state index contributed by atoms with van der Waals surface area (Å²) in [5.41, 5.74) is 1.47. The molecule has 0 aliphatic carbocycles. The van der Waals surface area contributed by atoms with Crippen molar-refractivity contribution in [2.75, 3.05) is 6.61 Å². The lowest BCUT2D eigenvalue weighted by atomic mass is 10.2. The van der Waals surface area contributed by atoms with Crippen LogP contribution in [0, 0.1) is 0 Å². The van der Waals surface area contributed by atoms with Crippen molar-refractivity contribution in [3.05, 3.63) is 72.0 Å². The first-order chi connectivity index (χ1) is 13.2. The van der Waals surface area contributed by atoms with Gasteiger partial charge in [0.05, 0.1) is 28.9 Å². The Balaban J connectivity index is 1.46. The lowest BCUT2D eigenvalue weighted by molar-refractivity contribution is 0.0944. The summed E-state index contributed by atoms with van der Waals surface area (Å²) in [5, 5.41) is 3.70. The molecule has 1 N–H and O–H groups in total. The molecule has 1 amide bonds. The van der Waals surface area contributed by atoms with Gasteiger partial charge in [0.15, 0.2) is 10.8 Å². The van der Waals surface area contributed by atoms with Gasteiger partial charge in [-0.1, -0.05) is 24.3 Å². The normalized spacial score (nSPS) is 10.9. The summed E-state index contributed by atoms with van der Waals surface area (Å²) in [5.74, 6) is 1.76. The van der Waals surface area contributed by atoms with Gasteiger partial charge < -0.3 is 14.5 Å². The average molecular weight is 378 g/mol. The van der Waals surface area contributed by atoms with Crippen LogP contribution in [0.25, 0.3) is 21.0 Å². The molecule has 4 rings (SSSR count). The number of carbonyl (C=O) groups is 1. The number of fused-ring (bicyclic) bond motifs is 1. The van der Waals surface area contributed by atoms with E-state index in [2.05, 4.69) is 10.3 Å². The molecule has 0 atom stereocenters. The number of hydrogen-bond donors (Lipinski definition) is 1. The van der Waals surface area contributed by atoms with Crippen molar-refractivity contribution < 1.29 is 13.9 Å². The number of amides is 1. The van der Waals surface area contributed by atoms with E-state index in [1.807, 2.05) is 55.5 Å². The molecular formula is C21H18N2O3S. The molecule has 0 saturated carbocycles. The van der Waals surface area contributed by atoms with Crippen LogP contribution in [-0.4, -0.2) is 17.5 Å². The summed E-state index contributed by atoms with van der Waals surface area (Å²) in [6, 6.07) is 18.9. The quantitative estimate of drug-likeness (QED) is 0.519. The zero-order valence-electron chi connectivity index (χ0n) is 14.8. The third-order valence-corrected chi connectivity index (χ3v) is 5.07. The van der Waals surface area contributed by atoms with E-state index in [0.29, 0.717) is 36.0 Å². The molecule has 2 heterocycles. The van der Waals surface area contributed by atoms with Gasteiger partial charge in [-0.2, -0.15) is 0 Å². The monoisotopic (exact) mass is 378 g/mol. The first-order valence-corrected chi connectivity index (χ1v) is 9.51. The molecular weight excluding hydrogens is 360 g/mol. The second kappa shape index (κ2) is 7.63. The maximum absolute atomic E-state index is 12.5. The zero-order valence-corrected chi connectivity index (χ0v) is 15.6. The van der Waals surface area contributed by atoms with E-state index in [4.69, 9.17) is 9.15 Å². The minimum absolute atomic E-state index is 0.197. The van der Waals surface area contributed by atoms with Crippen LogP contribution in [0.15, 0.2) is 65.1 Å². The number of thiazole rings is 1. The van der Waals surface area contributed by atoms with Crippen LogP contribution in [-0.2, 0) is 6.54 Å². The van der Waals surface area contributed by atoms with Crippen LogP contribution in [0.3, 0.4) is 0 Å². The molecule has 4 aromatic rings. The third kappa shape index (κ3) is 3.71. The number of ether oxygens (including phenoxy) is 1. The fourth-order valence-electron chi connectivity index (χ4n) is 2.76. The number of rotatable bonds is 6. The molecule has 5 nitrogen and oxygen atoms in total. The minimum atomic E-state index is -0.197. The van der Waals surface area contributed by atoms with Crippen molar-refractivity contribution >= 4 is 27.5 Å². The average Bonchev–Trinajstić information content (AvgIpc) is 3.33. The Labute approximate surface area is 160 Å². The van der Waals surface area contributed by atoms with Crippen molar-refractivity contribution in [1.82, 2.24) is 10.3 Å². The molecule has 0 bridgehead atoms. The Bertz CT molecular complexity index is 1050. The van der Waals surface area contributed by atoms with Gasteiger partial charge in [0.1, 0.15) is 11.5 Å². The maximum atomic E-state index is 12.5. The lowest BCUT2D eigenvalue weighted by Gasteiger charge is -2.09. The highest BCUT2D eigenvalue weighted by atomic mass is 32.1. The minimum Gasteiger partial charge on any atom is -0.493 e. The molecule has 6 heteroatoms. The third-order valence-electron chi connectivity index (χ3n) is 4.02. The Kier molecular flexibility index (Phi) is 4.89. The molecule has 2 aromatic carbocycles. The lowest BCUT2D eigenvalue weighted by Crippen LogP contribution is -2.23. The van der Waals surface area contributed by atoms with Gasteiger partial charge in [0.25, 0.3) is 5.91 Å². The highest BCUT2D eigenvalue weighted by Crippen LogP contribution is 2.31. The number of nitrogens with one attached hydrogen (secondary N) is 1. The predicted molar refractivity (Wildman–Crippen MR) is 106 cm³/mol. The molecule has 0 unspecified atom stereocenters. The molecule has 136 valence electrons. The zero-order chi connectivity index (χ0) is 18.6. The number of nitrogens with zero attached hydrogens (tertiary/aromatic N) is 1. The van der Waals surface area contributed by atoms with Gasteiger partial charge in [0.2, 0.25) is 0 Å².